The average Bonchev–Trinajstić information content (AvgIpc) is 2.76. The maximum Gasteiger partial charge on any atom is 0.244 e. The quantitative estimate of drug-likeness (QED) is 0.265. The second-order valence-corrected chi connectivity index (χ2v) is 7.55. The van der Waals surface area contributed by atoms with Crippen LogP contribution < -0.4 is 5.43 Å². The maximum absolute atomic E-state index is 6.18. The molecule has 1 N–H and O–H groups in total. The van der Waals surface area contributed by atoms with Crippen LogP contribution in [0.4, 0.5) is 5.95 Å². The predicted octanol–water partition coefficient (Wildman–Crippen LogP) is 6.67. The lowest BCUT2D eigenvalue weighted by Crippen LogP contribution is -2.00. The molecule has 3 aromatic carbocycles. The lowest BCUT2D eigenvalue weighted by molar-refractivity contribution is 1.13. The Hall–Kier alpha value is -3.02. The minimum Gasteiger partial charge on any atom is -0.245 e. The van der Waals surface area contributed by atoms with Crippen molar-refractivity contribution in [3.63, 3.8) is 0 Å². The van der Waals surface area contributed by atoms with Crippen LogP contribution in [0.25, 0.3) is 22.5 Å². The molecule has 4 nitrogen and oxygen atoms in total. The van der Waals surface area contributed by atoms with Crippen molar-refractivity contribution in [3.8, 4) is 22.5 Å². The minimum atomic E-state index is 0.410. The Labute approximate surface area is 182 Å². The first kappa shape index (κ1) is 19.3. The topological polar surface area (TPSA) is 50.2 Å². The highest BCUT2D eigenvalue weighted by Crippen LogP contribution is 2.26. The first-order valence-corrected chi connectivity index (χ1v) is 10.1. The van der Waals surface area contributed by atoms with Gasteiger partial charge in [-0.3, -0.25) is 0 Å². The second kappa shape index (κ2) is 8.99. The molecule has 1 heterocycles. The van der Waals surface area contributed by atoms with Crippen LogP contribution >= 0.6 is 27.5 Å². The van der Waals surface area contributed by atoms with E-state index < -0.39 is 0 Å². The largest absolute Gasteiger partial charge is 0.245 e. The third-order valence-electron chi connectivity index (χ3n) is 4.21. The number of rotatable bonds is 5. The van der Waals surface area contributed by atoms with Crippen molar-refractivity contribution in [1.82, 2.24) is 9.97 Å². The number of nitrogens with zero attached hydrogens (tertiary/aromatic N) is 3. The van der Waals surface area contributed by atoms with Gasteiger partial charge in [0.25, 0.3) is 0 Å². The van der Waals surface area contributed by atoms with Gasteiger partial charge in [0.2, 0.25) is 5.95 Å². The molecule has 0 bridgehead atoms. The number of aromatic nitrogens is 2. The molecule has 0 unspecified atom stereocenters. The fourth-order valence-corrected chi connectivity index (χ4v) is 3.21. The fraction of sp³-hybridized carbons (Fsp3) is 0. The van der Waals surface area contributed by atoms with Gasteiger partial charge in [0.1, 0.15) is 0 Å². The molecule has 0 saturated heterocycles. The number of benzene rings is 3. The first-order valence-electron chi connectivity index (χ1n) is 8.93. The van der Waals surface area contributed by atoms with Crippen molar-refractivity contribution in [2.45, 2.75) is 0 Å². The van der Waals surface area contributed by atoms with Gasteiger partial charge < -0.3 is 0 Å². The lowest BCUT2D eigenvalue weighted by Gasteiger charge is -2.08. The number of hydrogen-bond acceptors (Lipinski definition) is 4. The molecule has 0 saturated carbocycles. The summed E-state index contributed by atoms with van der Waals surface area (Å²) in [5, 5.41) is 4.90. The van der Waals surface area contributed by atoms with Gasteiger partial charge in [0.05, 0.1) is 17.6 Å². The van der Waals surface area contributed by atoms with Gasteiger partial charge >= 0.3 is 0 Å². The van der Waals surface area contributed by atoms with Crippen LogP contribution in [0, 0.1) is 0 Å². The van der Waals surface area contributed by atoms with Crippen LogP contribution in [0.3, 0.4) is 0 Å². The van der Waals surface area contributed by atoms with Crippen molar-refractivity contribution in [2.75, 3.05) is 5.43 Å². The monoisotopic (exact) mass is 462 g/mol. The Morgan fingerprint density at radius 2 is 1.41 bits per heavy atom. The summed E-state index contributed by atoms with van der Waals surface area (Å²) in [7, 11) is 0. The van der Waals surface area contributed by atoms with E-state index in [9.17, 15) is 0 Å². The predicted molar refractivity (Wildman–Crippen MR) is 123 cm³/mol. The standard InChI is InChI=1S/C23H16BrClN4/c24-19-12-10-17(11-13-19)22-14-21(16-6-2-1-3-7-16)27-23(28-22)29-26-15-18-8-4-5-9-20(18)25/h1-15H,(H,27,28,29). The van der Waals surface area contributed by atoms with E-state index in [2.05, 4.69) is 36.4 Å². The molecule has 0 spiro atoms. The molecule has 1 aromatic heterocycles. The van der Waals surface area contributed by atoms with Crippen molar-refractivity contribution in [1.29, 1.82) is 0 Å². The van der Waals surface area contributed by atoms with Gasteiger partial charge in [-0.25, -0.2) is 15.4 Å². The Morgan fingerprint density at radius 3 is 2.10 bits per heavy atom. The summed E-state index contributed by atoms with van der Waals surface area (Å²) in [6.07, 6.45) is 1.65. The number of nitrogens with one attached hydrogen (secondary N) is 1. The van der Waals surface area contributed by atoms with Crippen molar-refractivity contribution >= 4 is 39.7 Å². The molecule has 4 rings (SSSR count). The maximum atomic E-state index is 6.18. The summed E-state index contributed by atoms with van der Waals surface area (Å²) in [6, 6.07) is 27.5. The van der Waals surface area contributed by atoms with E-state index in [1.807, 2.05) is 84.9 Å². The molecule has 0 aliphatic carbocycles. The Kier molecular flexibility index (Phi) is 5.98. The Bertz CT molecular complexity index is 1150. The zero-order valence-corrected chi connectivity index (χ0v) is 17.6. The third kappa shape index (κ3) is 4.88. The third-order valence-corrected chi connectivity index (χ3v) is 5.08. The highest BCUT2D eigenvalue weighted by Gasteiger charge is 2.08. The normalized spacial score (nSPS) is 11.0. The summed E-state index contributed by atoms with van der Waals surface area (Å²) in [4.78, 5) is 9.25. The molecule has 0 fully saturated rings. The molecule has 0 aliphatic heterocycles. The van der Waals surface area contributed by atoms with Gasteiger partial charge in [-0.15, -0.1) is 0 Å². The van der Waals surface area contributed by atoms with Crippen LogP contribution in [0.15, 0.2) is 94.5 Å². The molecule has 4 aromatic rings. The summed E-state index contributed by atoms with van der Waals surface area (Å²) in [5.41, 5.74) is 7.36. The Morgan fingerprint density at radius 1 is 0.793 bits per heavy atom. The van der Waals surface area contributed by atoms with E-state index in [-0.39, 0.29) is 0 Å². The molecule has 0 radical (unpaired) electrons. The van der Waals surface area contributed by atoms with Gasteiger partial charge in [0, 0.05) is 26.2 Å². The molecule has 142 valence electrons. The molecule has 0 amide bonds. The van der Waals surface area contributed by atoms with E-state index in [4.69, 9.17) is 11.6 Å². The van der Waals surface area contributed by atoms with Gasteiger partial charge in [0.15, 0.2) is 0 Å². The highest BCUT2D eigenvalue weighted by molar-refractivity contribution is 9.10. The van der Waals surface area contributed by atoms with Crippen LogP contribution in [-0.2, 0) is 0 Å². The number of hydrazone groups is 1. The van der Waals surface area contributed by atoms with Crippen molar-refractivity contribution in [3.05, 3.63) is 100.0 Å². The van der Waals surface area contributed by atoms with E-state index >= 15 is 0 Å². The smallest absolute Gasteiger partial charge is 0.244 e. The average molecular weight is 464 g/mol. The van der Waals surface area contributed by atoms with Crippen LogP contribution in [0.5, 0.6) is 0 Å². The van der Waals surface area contributed by atoms with Crippen LogP contribution in [0.2, 0.25) is 5.02 Å². The molecule has 29 heavy (non-hydrogen) atoms. The molecular weight excluding hydrogens is 448 g/mol. The minimum absolute atomic E-state index is 0.410. The van der Waals surface area contributed by atoms with Gasteiger partial charge in [-0.2, -0.15) is 5.10 Å². The first-order chi connectivity index (χ1) is 14.2. The number of anilines is 1. The van der Waals surface area contributed by atoms with Gasteiger partial charge in [-0.1, -0.05) is 88.2 Å². The molecule has 0 atom stereocenters. The van der Waals surface area contributed by atoms with Crippen molar-refractivity contribution < 1.29 is 0 Å². The summed E-state index contributed by atoms with van der Waals surface area (Å²) in [5.74, 6) is 0.410. The second-order valence-electron chi connectivity index (χ2n) is 6.23. The molecular formula is C23H16BrClN4. The SMILES string of the molecule is Clc1ccccc1C=NNc1nc(-c2ccccc2)cc(-c2ccc(Br)cc2)n1. The van der Waals surface area contributed by atoms with Crippen LogP contribution in [-0.4, -0.2) is 16.2 Å². The summed E-state index contributed by atoms with van der Waals surface area (Å²) >= 11 is 9.65. The molecule has 6 heteroatoms. The number of halogens is 2. The Balaban J connectivity index is 1.69. The van der Waals surface area contributed by atoms with Gasteiger partial charge in [-0.05, 0) is 24.3 Å². The summed E-state index contributed by atoms with van der Waals surface area (Å²) < 4.78 is 1.02. The van der Waals surface area contributed by atoms with Crippen LogP contribution in [0.1, 0.15) is 5.56 Å². The number of hydrogen-bond donors (Lipinski definition) is 1. The van der Waals surface area contributed by atoms with Crippen molar-refractivity contribution in [2.24, 2.45) is 5.10 Å². The molecule has 0 aliphatic rings. The van der Waals surface area contributed by atoms with E-state index in [0.717, 1.165) is 32.6 Å². The van der Waals surface area contributed by atoms with E-state index in [1.165, 1.54) is 0 Å². The van der Waals surface area contributed by atoms with E-state index in [0.29, 0.717) is 11.0 Å². The zero-order valence-electron chi connectivity index (χ0n) is 15.3. The fourth-order valence-electron chi connectivity index (χ4n) is 2.76. The highest BCUT2D eigenvalue weighted by atomic mass is 79.9. The zero-order chi connectivity index (χ0) is 20.1. The van der Waals surface area contributed by atoms with E-state index in [1.54, 1.807) is 6.21 Å². The lowest BCUT2D eigenvalue weighted by atomic mass is 10.1. The summed E-state index contributed by atoms with van der Waals surface area (Å²) in [6.45, 7) is 0.